The third-order valence-corrected chi connectivity index (χ3v) is 1.47. The number of benzene rings is 1. The molecule has 6 N–H and O–H groups in total. The monoisotopic (exact) mass is 168 g/mol. The highest BCUT2D eigenvalue weighted by Crippen LogP contribution is 2.28. The quantitative estimate of drug-likeness (QED) is 0.273. The first-order valence-electron chi connectivity index (χ1n) is 3.14. The highest BCUT2D eigenvalue weighted by Gasteiger charge is 2.14. The van der Waals surface area contributed by atoms with Crippen LogP contribution in [0.4, 0.5) is 11.4 Å². The summed E-state index contributed by atoms with van der Waals surface area (Å²) in [6.45, 7) is 0. The van der Waals surface area contributed by atoms with Crippen LogP contribution >= 0.6 is 0 Å². The largest absolute Gasteiger partial charge is 0.506 e. The number of rotatable bonds is 1. The van der Waals surface area contributed by atoms with E-state index < -0.39 is 5.97 Å². The molecule has 0 aliphatic rings. The Balaban J connectivity index is 3.43. The normalized spacial score (nSPS) is 9.67. The van der Waals surface area contributed by atoms with E-state index in [0.29, 0.717) is 0 Å². The average Bonchev–Trinajstić information content (AvgIpc) is 1.97. The van der Waals surface area contributed by atoms with Crippen molar-refractivity contribution in [1.82, 2.24) is 0 Å². The summed E-state index contributed by atoms with van der Waals surface area (Å²) in [6, 6.07) is 2.53. The van der Waals surface area contributed by atoms with Crippen molar-refractivity contribution in [2.24, 2.45) is 0 Å². The molecule has 5 nitrogen and oxygen atoms in total. The molecule has 0 heterocycles. The smallest absolute Gasteiger partial charge is 0.340 e. The van der Waals surface area contributed by atoms with Gasteiger partial charge in [0.15, 0.2) is 0 Å². The molecular formula is C7H8N2O3. The Morgan fingerprint density at radius 2 is 1.92 bits per heavy atom. The van der Waals surface area contributed by atoms with Gasteiger partial charge in [0.1, 0.15) is 11.3 Å². The summed E-state index contributed by atoms with van der Waals surface area (Å²) >= 11 is 0. The lowest BCUT2D eigenvalue weighted by Crippen LogP contribution is -2.06. The second-order valence-corrected chi connectivity index (χ2v) is 2.27. The maximum Gasteiger partial charge on any atom is 0.340 e. The van der Waals surface area contributed by atoms with E-state index in [1.165, 1.54) is 12.1 Å². The number of nitrogen functional groups attached to an aromatic ring is 2. The summed E-state index contributed by atoms with van der Waals surface area (Å²) in [4.78, 5) is 10.5. The number of carboxylic acids is 1. The predicted molar refractivity (Wildman–Crippen MR) is 43.9 cm³/mol. The molecular weight excluding hydrogens is 160 g/mol. The van der Waals surface area contributed by atoms with Crippen molar-refractivity contribution in [2.75, 3.05) is 11.5 Å². The maximum atomic E-state index is 10.5. The number of hydrogen-bond acceptors (Lipinski definition) is 4. The van der Waals surface area contributed by atoms with Crippen molar-refractivity contribution in [3.63, 3.8) is 0 Å². The molecule has 1 aromatic rings. The van der Waals surface area contributed by atoms with E-state index >= 15 is 0 Å². The zero-order valence-electron chi connectivity index (χ0n) is 6.11. The third kappa shape index (κ3) is 1.12. The van der Waals surface area contributed by atoms with Crippen molar-refractivity contribution in [3.8, 4) is 5.75 Å². The maximum absolute atomic E-state index is 10.5. The first kappa shape index (κ1) is 8.19. The Morgan fingerprint density at radius 3 is 2.33 bits per heavy atom. The van der Waals surface area contributed by atoms with E-state index in [2.05, 4.69) is 0 Å². The minimum absolute atomic E-state index is 0.0396. The summed E-state index contributed by atoms with van der Waals surface area (Å²) in [7, 11) is 0. The van der Waals surface area contributed by atoms with E-state index in [1.807, 2.05) is 0 Å². The fraction of sp³-hybridized carbons (Fsp3) is 0. The molecule has 0 amide bonds. The molecule has 0 saturated heterocycles. The second kappa shape index (κ2) is 2.61. The zero-order chi connectivity index (χ0) is 9.30. The number of hydrogen-bond donors (Lipinski definition) is 4. The molecule has 0 fully saturated rings. The van der Waals surface area contributed by atoms with Gasteiger partial charge in [-0.15, -0.1) is 0 Å². The van der Waals surface area contributed by atoms with Crippen molar-refractivity contribution < 1.29 is 15.0 Å². The van der Waals surface area contributed by atoms with Crippen molar-refractivity contribution >= 4 is 17.3 Å². The van der Waals surface area contributed by atoms with Gasteiger partial charge in [0.2, 0.25) is 0 Å². The number of aromatic carboxylic acids is 1. The predicted octanol–water partition coefficient (Wildman–Crippen LogP) is 0.255. The summed E-state index contributed by atoms with van der Waals surface area (Å²) < 4.78 is 0. The summed E-state index contributed by atoms with van der Waals surface area (Å²) in [5, 5.41) is 17.6. The second-order valence-electron chi connectivity index (χ2n) is 2.27. The van der Waals surface area contributed by atoms with Crippen LogP contribution in [0.5, 0.6) is 5.75 Å². The highest BCUT2D eigenvalue weighted by molar-refractivity contribution is 6.00. The molecule has 64 valence electrons. The topological polar surface area (TPSA) is 110 Å². The number of phenolic OH excluding ortho intramolecular Hbond substituents is 1. The van der Waals surface area contributed by atoms with Crippen LogP contribution in [0.25, 0.3) is 0 Å². The van der Waals surface area contributed by atoms with Crippen LogP contribution < -0.4 is 11.5 Å². The van der Waals surface area contributed by atoms with Crippen LogP contribution in [0.2, 0.25) is 0 Å². The van der Waals surface area contributed by atoms with Crippen LogP contribution in [0.15, 0.2) is 12.1 Å². The van der Waals surface area contributed by atoms with Gasteiger partial charge >= 0.3 is 5.97 Å². The van der Waals surface area contributed by atoms with Crippen LogP contribution in [-0.2, 0) is 0 Å². The molecule has 0 bridgehead atoms. The van der Waals surface area contributed by atoms with E-state index in [0.717, 1.165) is 0 Å². The lowest BCUT2D eigenvalue weighted by atomic mass is 10.1. The lowest BCUT2D eigenvalue weighted by molar-refractivity contribution is 0.0699. The minimum atomic E-state index is -1.25. The number of aromatic hydroxyl groups is 1. The van der Waals surface area contributed by atoms with Crippen LogP contribution in [0, 0.1) is 0 Å². The molecule has 0 aliphatic heterocycles. The number of carbonyl (C=O) groups is 1. The molecule has 0 unspecified atom stereocenters. The number of anilines is 2. The Morgan fingerprint density at radius 1 is 1.33 bits per heavy atom. The highest BCUT2D eigenvalue weighted by atomic mass is 16.4. The molecule has 1 aromatic carbocycles. The summed E-state index contributed by atoms with van der Waals surface area (Å²) in [5.74, 6) is -1.53. The number of phenols is 1. The molecule has 0 aromatic heterocycles. The van der Waals surface area contributed by atoms with Gasteiger partial charge in [-0.05, 0) is 12.1 Å². The van der Waals surface area contributed by atoms with Crippen LogP contribution in [-0.4, -0.2) is 16.2 Å². The van der Waals surface area contributed by atoms with Crippen LogP contribution in [0.1, 0.15) is 10.4 Å². The van der Waals surface area contributed by atoms with Gasteiger partial charge in [-0.25, -0.2) is 4.79 Å². The molecule has 12 heavy (non-hydrogen) atoms. The van der Waals surface area contributed by atoms with E-state index in [4.69, 9.17) is 21.7 Å². The average molecular weight is 168 g/mol. The summed E-state index contributed by atoms with van der Waals surface area (Å²) in [6.07, 6.45) is 0. The van der Waals surface area contributed by atoms with Gasteiger partial charge in [0, 0.05) is 5.69 Å². The van der Waals surface area contributed by atoms with Gasteiger partial charge in [-0.3, -0.25) is 0 Å². The number of nitrogens with two attached hydrogens (primary N) is 2. The Hall–Kier alpha value is -1.91. The molecule has 0 saturated carbocycles. The Labute approximate surface area is 68.2 Å². The van der Waals surface area contributed by atoms with Gasteiger partial charge in [-0.1, -0.05) is 0 Å². The SMILES string of the molecule is Nc1ccc(O)c(N)c1C(=O)O. The Bertz CT molecular complexity index is 336. The molecule has 5 heteroatoms. The minimum Gasteiger partial charge on any atom is -0.506 e. The van der Waals surface area contributed by atoms with E-state index in [1.54, 1.807) is 0 Å². The number of carboxylic acid groups (broad SMARTS) is 1. The molecule has 1 rings (SSSR count). The fourth-order valence-corrected chi connectivity index (χ4v) is 0.864. The molecule has 0 radical (unpaired) electrons. The van der Waals surface area contributed by atoms with Gasteiger partial charge in [-0.2, -0.15) is 0 Å². The third-order valence-electron chi connectivity index (χ3n) is 1.47. The molecule has 0 spiro atoms. The van der Waals surface area contributed by atoms with Crippen molar-refractivity contribution in [1.29, 1.82) is 0 Å². The van der Waals surface area contributed by atoms with Crippen LogP contribution in [0.3, 0.4) is 0 Å². The van der Waals surface area contributed by atoms with E-state index in [9.17, 15) is 4.79 Å². The fourth-order valence-electron chi connectivity index (χ4n) is 0.864. The zero-order valence-corrected chi connectivity index (χ0v) is 6.11. The molecule has 0 aliphatic carbocycles. The standard InChI is InChI=1S/C7H8N2O3/c8-3-1-2-4(10)6(9)5(3)7(11)12/h1-2,10H,8-9H2,(H,11,12). The van der Waals surface area contributed by atoms with Gasteiger partial charge < -0.3 is 21.7 Å². The lowest BCUT2D eigenvalue weighted by Gasteiger charge is -2.05. The van der Waals surface area contributed by atoms with Crippen molar-refractivity contribution in [3.05, 3.63) is 17.7 Å². The first-order valence-corrected chi connectivity index (χ1v) is 3.14. The van der Waals surface area contributed by atoms with Gasteiger partial charge in [0.05, 0.1) is 5.69 Å². The van der Waals surface area contributed by atoms with E-state index in [-0.39, 0.29) is 22.7 Å². The Kier molecular flexibility index (Phi) is 1.78. The summed E-state index contributed by atoms with van der Waals surface area (Å²) in [5.41, 5.74) is 10.2. The van der Waals surface area contributed by atoms with Gasteiger partial charge in [0.25, 0.3) is 0 Å². The van der Waals surface area contributed by atoms with Crippen molar-refractivity contribution in [2.45, 2.75) is 0 Å². The first-order chi connectivity index (χ1) is 5.54. The molecule has 0 atom stereocenters.